The van der Waals surface area contributed by atoms with Crippen molar-refractivity contribution < 1.29 is 19.1 Å². The van der Waals surface area contributed by atoms with Crippen molar-refractivity contribution in [2.75, 3.05) is 0 Å². The van der Waals surface area contributed by atoms with Crippen molar-refractivity contribution in [1.82, 2.24) is 0 Å². The van der Waals surface area contributed by atoms with Crippen LogP contribution in [0.15, 0.2) is 18.2 Å². The summed E-state index contributed by atoms with van der Waals surface area (Å²) in [5.41, 5.74) is -0.894. The molecule has 0 aromatic heterocycles. The Morgan fingerprint density at radius 3 is 2.07 bits per heavy atom. The molecule has 0 atom stereocenters. The molecule has 5 heteroatoms. The lowest BCUT2D eigenvalue weighted by molar-refractivity contribution is 0.112. The molecule has 14 heavy (non-hydrogen) atoms. The Kier molecular flexibility index (Phi) is 3.36. The van der Waals surface area contributed by atoms with E-state index < -0.39 is 5.43 Å². The van der Waals surface area contributed by atoms with Crippen LogP contribution in [0, 0.1) is 0 Å². The lowest BCUT2D eigenvalue weighted by Gasteiger charge is -2.04. The van der Waals surface area contributed by atoms with Gasteiger partial charge in [0.1, 0.15) is 0 Å². The maximum absolute atomic E-state index is 10.5. The van der Waals surface area contributed by atoms with E-state index in [-0.39, 0.29) is 16.9 Å². The number of hydrogen-bond donors (Lipinski definition) is 0. The molecule has 4 nitrogen and oxygen atoms in total. The van der Waals surface area contributed by atoms with Gasteiger partial charge in [0.2, 0.25) is 0 Å². The van der Waals surface area contributed by atoms with Gasteiger partial charge in [-0.15, -0.1) is 0 Å². The molecule has 0 saturated carbocycles. The van der Waals surface area contributed by atoms with Gasteiger partial charge in [0.25, 0.3) is 0 Å². The molecular weight excluding hydrogens is 208 g/mol. The van der Waals surface area contributed by atoms with E-state index in [1.54, 1.807) is 0 Å². The molecular formula is C9H5ClO4. The maximum Gasteiger partial charge on any atom is 0.409 e. The number of hydrogen-bond acceptors (Lipinski definition) is 4. The summed E-state index contributed by atoms with van der Waals surface area (Å²) in [6.07, 6.45) is 0.949. The van der Waals surface area contributed by atoms with Crippen LogP contribution in [0.1, 0.15) is 20.7 Å². The second-order valence-electron chi connectivity index (χ2n) is 2.34. The van der Waals surface area contributed by atoms with Gasteiger partial charge < -0.3 is 4.74 Å². The Bertz CT molecular complexity index is 360. The molecule has 0 fully saturated rings. The quantitative estimate of drug-likeness (QED) is 0.568. The number of carbonyl (C=O) groups excluding carboxylic acids is 3. The number of carbonyl (C=O) groups is 3. The van der Waals surface area contributed by atoms with Crippen LogP contribution in [0.2, 0.25) is 0 Å². The molecule has 1 rings (SSSR count). The van der Waals surface area contributed by atoms with Gasteiger partial charge in [-0.1, -0.05) is 6.07 Å². The summed E-state index contributed by atoms with van der Waals surface area (Å²) >= 11 is 4.98. The Balaban J connectivity index is 3.25. The summed E-state index contributed by atoms with van der Waals surface area (Å²) in [7, 11) is 0. The highest BCUT2D eigenvalue weighted by molar-refractivity contribution is 6.61. The number of ether oxygens (including phenoxy) is 1. The van der Waals surface area contributed by atoms with E-state index in [1.165, 1.54) is 18.2 Å². The summed E-state index contributed by atoms with van der Waals surface area (Å²) in [5.74, 6) is -0.113. The van der Waals surface area contributed by atoms with Crippen LogP contribution < -0.4 is 4.74 Å². The molecule has 0 saturated heterocycles. The second-order valence-corrected chi connectivity index (χ2v) is 2.65. The van der Waals surface area contributed by atoms with Crippen molar-refractivity contribution in [3.8, 4) is 5.75 Å². The molecule has 0 aliphatic heterocycles. The first-order valence-electron chi connectivity index (χ1n) is 3.59. The number of benzene rings is 1. The largest absolute Gasteiger partial charge is 0.413 e. The third kappa shape index (κ3) is 2.17. The average Bonchev–Trinajstić information content (AvgIpc) is 2.17. The van der Waals surface area contributed by atoms with Gasteiger partial charge in [-0.25, -0.2) is 4.79 Å². The third-order valence-electron chi connectivity index (χ3n) is 1.51. The Morgan fingerprint density at radius 2 is 1.71 bits per heavy atom. The van der Waals surface area contributed by atoms with Crippen molar-refractivity contribution in [3.05, 3.63) is 29.3 Å². The first kappa shape index (κ1) is 10.4. The van der Waals surface area contributed by atoms with E-state index in [1.807, 2.05) is 0 Å². The monoisotopic (exact) mass is 212 g/mol. The lowest BCUT2D eigenvalue weighted by Crippen LogP contribution is -2.02. The van der Waals surface area contributed by atoms with Gasteiger partial charge in [-0.05, 0) is 12.1 Å². The highest BCUT2D eigenvalue weighted by atomic mass is 35.5. The molecule has 0 spiro atoms. The van der Waals surface area contributed by atoms with Gasteiger partial charge >= 0.3 is 5.43 Å². The second kappa shape index (κ2) is 4.53. The minimum absolute atomic E-state index is 0.101. The van der Waals surface area contributed by atoms with Crippen LogP contribution in [-0.4, -0.2) is 18.0 Å². The summed E-state index contributed by atoms with van der Waals surface area (Å²) in [6.45, 7) is 0. The number of rotatable bonds is 3. The molecule has 1 aromatic rings. The van der Waals surface area contributed by atoms with Crippen LogP contribution in [0.3, 0.4) is 0 Å². The molecule has 0 aliphatic carbocycles. The predicted octanol–water partition coefficient (Wildman–Crippen LogP) is 2.05. The molecule has 0 amide bonds. The molecule has 1 aromatic carbocycles. The zero-order valence-corrected chi connectivity index (χ0v) is 7.65. The highest BCUT2D eigenvalue weighted by Gasteiger charge is 2.11. The first-order valence-corrected chi connectivity index (χ1v) is 3.97. The van der Waals surface area contributed by atoms with Gasteiger partial charge in [0, 0.05) is 11.6 Å². The van der Waals surface area contributed by atoms with Crippen molar-refractivity contribution in [3.63, 3.8) is 0 Å². The SMILES string of the molecule is O=Cc1cccc(C=O)c1OC(=O)Cl. The number of aldehydes is 2. The zero-order chi connectivity index (χ0) is 10.6. The van der Waals surface area contributed by atoms with E-state index in [4.69, 9.17) is 11.6 Å². The molecule has 0 aliphatic rings. The molecule has 0 N–H and O–H groups in total. The summed E-state index contributed by atoms with van der Waals surface area (Å²) in [5, 5.41) is 0. The van der Waals surface area contributed by atoms with Crippen molar-refractivity contribution >= 4 is 29.6 Å². The topological polar surface area (TPSA) is 60.4 Å². The van der Waals surface area contributed by atoms with Crippen molar-refractivity contribution in [2.24, 2.45) is 0 Å². The fraction of sp³-hybridized carbons (Fsp3) is 0. The third-order valence-corrected chi connectivity index (χ3v) is 1.59. The van der Waals surface area contributed by atoms with Crippen molar-refractivity contribution in [1.29, 1.82) is 0 Å². The standard InChI is InChI=1S/C9H5ClO4/c10-9(13)14-8-6(4-11)2-1-3-7(8)5-12/h1-5H. The van der Waals surface area contributed by atoms with Crippen LogP contribution in [0.5, 0.6) is 5.75 Å². The van der Waals surface area contributed by atoms with E-state index in [0.717, 1.165) is 0 Å². The van der Waals surface area contributed by atoms with Crippen LogP contribution in [0.4, 0.5) is 4.79 Å². The number of halogens is 1. The first-order chi connectivity index (χ1) is 6.69. The van der Waals surface area contributed by atoms with E-state index >= 15 is 0 Å². The van der Waals surface area contributed by atoms with Crippen LogP contribution in [-0.2, 0) is 0 Å². The van der Waals surface area contributed by atoms with Crippen LogP contribution >= 0.6 is 11.6 Å². The van der Waals surface area contributed by atoms with Gasteiger partial charge in [0.15, 0.2) is 18.3 Å². The smallest absolute Gasteiger partial charge is 0.409 e. The minimum Gasteiger partial charge on any atom is -0.413 e. The highest BCUT2D eigenvalue weighted by Crippen LogP contribution is 2.21. The van der Waals surface area contributed by atoms with E-state index in [9.17, 15) is 14.4 Å². The zero-order valence-electron chi connectivity index (χ0n) is 6.90. The Morgan fingerprint density at radius 1 is 1.21 bits per heavy atom. The molecule has 72 valence electrons. The molecule has 0 radical (unpaired) electrons. The molecule has 0 heterocycles. The Hall–Kier alpha value is -1.68. The average molecular weight is 213 g/mol. The van der Waals surface area contributed by atoms with Gasteiger partial charge in [0.05, 0.1) is 11.1 Å². The van der Waals surface area contributed by atoms with E-state index in [0.29, 0.717) is 12.6 Å². The fourth-order valence-electron chi connectivity index (χ4n) is 0.957. The summed E-state index contributed by atoms with van der Waals surface area (Å²) < 4.78 is 4.52. The summed E-state index contributed by atoms with van der Waals surface area (Å²) in [4.78, 5) is 31.5. The van der Waals surface area contributed by atoms with Crippen molar-refractivity contribution in [2.45, 2.75) is 0 Å². The normalized spacial score (nSPS) is 9.21. The lowest BCUT2D eigenvalue weighted by atomic mass is 10.1. The summed E-state index contributed by atoms with van der Waals surface area (Å²) in [6, 6.07) is 4.32. The van der Waals surface area contributed by atoms with Crippen LogP contribution in [0.25, 0.3) is 0 Å². The maximum atomic E-state index is 10.5. The number of para-hydroxylation sites is 1. The predicted molar refractivity (Wildman–Crippen MR) is 49.1 cm³/mol. The molecule has 0 bridgehead atoms. The van der Waals surface area contributed by atoms with E-state index in [2.05, 4.69) is 4.74 Å². The van der Waals surface area contributed by atoms with Gasteiger partial charge in [-0.3, -0.25) is 9.59 Å². The Labute approximate surface area is 84.4 Å². The van der Waals surface area contributed by atoms with Gasteiger partial charge in [-0.2, -0.15) is 0 Å². The molecule has 0 unspecified atom stereocenters. The minimum atomic E-state index is -1.10. The fourth-order valence-corrected chi connectivity index (χ4v) is 1.03.